The number of fused-ring (bicyclic) bond motifs is 1. The van der Waals surface area contributed by atoms with Gasteiger partial charge in [-0.1, -0.05) is 0 Å². The minimum Gasteiger partial charge on any atom is -0.397 e. The Hall–Kier alpha value is -3.43. The Morgan fingerprint density at radius 2 is 1.78 bits per heavy atom. The van der Waals surface area contributed by atoms with E-state index < -0.39 is 0 Å². The first kappa shape index (κ1) is 21.8. The molecule has 0 atom stereocenters. The molecule has 1 aliphatic rings. The lowest BCUT2D eigenvalue weighted by Crippen LogP contribution is -2.47. The number of nitrogens with one attached hydrogen (secondary N) is 1. The minimum absolute atomic E-state index is 0.0552. The lowest BCUT2D eigenvalue weighted by atomic mass is 10.1. The van der Waals surface area contributed by atoms with Gasteiger partial charge in [0.05, 0.1) is 5.69 Å². The molecule has 9 heteroatoms. The highest BCUT2D eigenvalue weighted by Gasteiger charge is 2.20. The molecule has 0 bridgehead atoms. The van der Waals surface area contributed by atoms with Crippen LogP contribution in [0.1, 0.15) is 24.2 Å². The summed E-state index contributed by atoms with van der Waals surface area (Å²) in [6.07, 6.45) is 1.74. The fourth-order valence-electron chi connectivity index (χ4n) is 3.71. The van der Waals surface area contributed by atoms with Crippen LogP contribution < -0.4 is 21.9 Å². The van der Waals surface area contributed by atoms with E-state index in [1.165, 1.54) is 0 Å². The Morgan fingerprint density at radius 3 is 2.44 bits per heavy atom. The second-order valence-corrected chi connectivity index (χ2v) is 8.43. The van der Waals surface area contributed by atoms with Crippen LogP contribution in [0.5, 0.6) is 0 Å². The van der Waals surface area contributed by atoms with Crippen LogP contribution >= 0.6 is 0 Å². The maximum absolute atomic E-state index is 12.7. The van der Waals surface area contributed by atoms with E-state index in [-0.39, 0.29) is 11.9 Å². The highest BCUT2D eigenvalue weighted by atomic mass is 16.2. The number of anilines is 4. The van der Waals surface area contributed by atoms with Gasteiger partial charge < -0.3 is 25.9 Å². The van der Waals surface area contributed by atoms with Crippen molar-refractivity contribution in [1.82, 2.24) is 19.8 Å². The van der Waals surface area contributed by atoms with Crippen molar-refractivity contribution in [3.63, 3.8) is 0 Å². The van der Waals surface area contributed by atoms with Crippen LogP contribution in [0.4, 0.5) is 23.0 Å². The smallest absolute Gasteiger partial charge is 0.253 e. The maximum atomic E-state index is 12.7. The van der Waals surface area contributed by atoms with E-state index in [0.29, 0.717) is 28.4 Å². The Morgan fingerprint density at radius 1 is 1.09 bits per heavy atom. The van der Waals surface area contributed by atoms with Gasteiger partial charge in [-0.25, -0.2) is 15.8 Å². The van der Waals surface area contributed by atoms with Crippen molar-refractivity contribution in [2.45, 2.75) is 19.9 Å². The Labute approximate surface area is 188 Å². The number of hydrogen-bond acceptors (Lipinski definition) is 8. The van der Waals surface area contributed by atoms with Crippen LogP contribution in [0, 0.1) is 0 Å². The molecule has 9 nitrogen and oxygen atoms in total. The molecule has 0 radical (unpaired) electrons. The summed E-state index contributed by atoms with van der Waals surface area (Å²) in [4.78, 5) is 26.0. The van der Waals surface area contributed by atoms with Crippen molar-refractivity contribution in [2.24, 2.45) is 5.84 Å². The van der Waals surface area contributed by atoms with Gasteiger partial charge in [-0.05, 0) is 57.3 Å². The summed E-state index contributed by atoms with van der Waals surface area (Å²) < 4.78 is 0. The normalized spacial score (nSPS) is 14.7. The molecule has 4 rings (SSSR count). The number of carbonyl (C=O) groups excluding carboxylic acids is 1. The average Bonchev–Trinajstić information content (AvgIpc) is 2.79. The van der Waals surface area contributed by atoms with Crippen LogP contribution in [0.15, 0.2) is 42.6 Å². The van der Waals surface area contributed by atoms with Crippen molar-refractivity contribution >= 4 is 39.8 Å². The van der Waals surface area contributed by atoms with Gasteiger partial charge in [0.2, 0.25) is 5.95 Å². The van der Waals surface area contributed by atoms with Gasteiger partial charge in [0.25, 0.3) is 5.91 Å². The van der Waals surface area contributed by atoms with Crippen molar-refractivity contribution in [3.8, 4) is 0 Å². The molecule has 1 aliphatic heterocycles. The van der Waals surface area contributed by atoms with Gasteiger partial charge in [0.1, 0.15) is 11.2 Å². The summed E-state index contributed by atoms with van der Waals surface area (Å²) in [7, 11) is 2.07. The number of amides is 1. The van der Waals surface area contributed by atoms with Gasteiger partial charge in [0.15, 0.2) is 0 Å². The summed E-state index contributed by atoms with van der Waals surface area (Å²) in [6, 6.07) is 11.1. The summed E-state index contributed by atoms with van der Waals surface area (Å²) >= 11 is 0. The molecule has 1 fully saturated rings. The number of nitrogens with two attached hydrogens (primary N) is 2. The van der Waals surface area contributed by atoms with E-state index in [0.717, 1.165) is 37.3 Å². The molecule has 5 N–H and O–H groups in total. The summed E-state index contributed by atoms with van der Waals surface area (Å²) in [5.74, 6) is 6.74. The third-order valence-corrected chi connectivity index (χ3v) is 5.75. The molecule has 32 heavy (non-hydrogen) atoms. The predicted octanol–water partition coefficient (Wildman–Crippen LogP) is 2.43. The third kappa shape index (κ3) is 4.44. The first-order valence-corrected chi connectivity index (χ1v) is 10.8. The summed E-state index contributed by atoms with van der Waals surface area (Å²) in [5.41, 5.74) is 9.58. The zero-order chi connectivity index (χ0) is 22.8. The molecule has 0 saturated carbocycles. The van der Waals surface area contributed by atoms with Crippen LogP contribution in [0.3, 0.4) is 0 Å². The second kappa shape index (κ2) is 8.97. The summed E-state index contributed by atoms with van der Waals surface area (Å²) in [6.45, 7) is 7.27. The number of benzene rings is 2. The quantitative estimate of drug-likeness (QED) is 0.318. The molecule has 0 aliphatic carbocycles. The molecule has 2 aromatic carbocycles. The zero-order valence-electron chi connectivity index (χ0n) is 18.7. The number of nitrogen functional groups attached to an aromatic ring is 1. The molecule has 3 aromatic rings. The highest BCUT2D eigenvalue weighted by Crippen LogP contribution is 2.31. The standard InChI is InChI=1S/C23H30N8O/c1-15(2)31(25)21-19(24)9-6-17-14-26-23(28-20(17)21)27-18-7-4-16(5-8-18)22(32)30-12-10-29(3)11-13-30/h4-9,14-15H,10-13,24-25H2,1-3H3,(H,26,27,28). The van der Waals surface area contributed by atoms with E-state index in [9.17, 15) is 4.79 Å². The topological polar surface area (TPSA) is 117 Å². The number of piperazine rings is 1. The van der Waals surface area contributed by atoms with Gasteiger partial charge in [0, 0.05) is 55.1 Å². The van der Waals surface area contributed by atoms with E-state index >= 15 is 0 Å². The molecule has 2 heterocycles. The van der Waals surface area contributed by atoms with Crippen LogP contribution in [0.25, 0.3) is 10.9 Å². The Balaban J connectivity index is 1.54. The van der Waals surface area contributed by atoms with Crippen molar-refractivity contribution in [2.75, 3.05) is 49.3 Å². The molecular formula is C23H30N8O. The fourth-order valence-corrected chi connectivity index (χ4v) is 3.71. The average molecular weight is 435 g/mol. The second-order valence-electron chi connectivity index (χ2n) is 8.43. The molecular weight excluding hydrogens is 404 g/mol. The molecule has 1 saturated heterocycles. The molecule has 0 unspecified atom stereocenters. The summed E-state index contributed by atoms with van der Waals surface area (Å²) in [5, 5.41) is 5.68. The predicted molar refractivity (Wildman–Crippen MR) is 129 cm³/mol. The number of nitrogens with zero attached hydrogens (tertiary/aromatic N) is 5. The molecule has 0 spiro atoms. The number of aromatic nitrogens is 2. The highest BCUT2D eigenvalue weighted by molar-refractivity contribution is 5.97. The number of carbonyl (C=O) groups is 1. The van der Waals surface area contributed by atoms with E-state index in [2.05, 4.69) is 27.2 Å². The number of hydrazine groups is 1. The number of rotatable bonds is 5. The first-order chi connectivity index (χ1) is 15.3. The zero-order valence-corrected chi connectivity index (χ0v) is 18.7. The lowest BCUT2D eigenvalue weighted by molar-refractivity contribution is 0.0664. The Bertz CT molecular complexity index is 1110. The third-order valence-electron chi connectivity index (χ3n) is 5.75. The van der Waals surface area contributed by atoms with Crippen molar-refractivity contribution < 1.29 is 4.79 Å². The minimum atomic E-state index is 0.0552. The van der Waals surface area contributed by atoms with Gasteiger partial charge in [-0.3, -0.25) is 4.79 Å². The van der Waals surface area contributed by atoms with Crippen LogP contribution in [-0.4, -0.2) is 64.9 Å². The monoisotopic (exact) mass is 434 g/mol. The lowest BCUT2D eigenvalue weighted by Gasteiger charge is -2.32. The van der Waals surface area contributed by atoms with Crippen LogP contribution in [-0.2, 0) is 0 Å². The largest absolute Gasteiger partial charge is 0.397 e. The maximum Gasteiger partial charge on any atom is 0.253 e. The van der Waals surface area contributed by atoms with Gasteiger partial charge >= 0.3 is 0 Å². The molecule has 1 aromatic heterocycles. The molecule has 1 amide bonds. The molecule has 168 valence electrons. The van der Waals surface area contributed by atoms with E-state index in [1.54, 1.807) is 11.2 Å². The van der Waals surface area contributed by atoms with E-state index in [1.807, 2.05) is 55.1 Å². The van der Waals surface area contributed by atoms with Crippen molar-refractivity contribution in [3.05, 3.63) is 48.2 Å². The first-order valence-electron chi connectivity index (χ1n) is 10.8. The fraction of sp³-hybridized carbons (Fsp3) is 0.348. The Kier molecular flexibility index (Phi) is 6.11. The van der Waals surface area contributed by atoms with Crippen molar-refractivity contribution in [1.29, 1.82) is 0 Å². The van der Waals surface area contributed by atoms with Gasteiger partial charge in [-0.15, -0.1) is 0 Å². The van der Waals surface area contributed by atoms with Crippen LogP contribution in [0.2, 0.25) is 0 Å². The number of hydrogen-bond donors (Lipinski definition) is 3. The van der Waals surface area contributed by atoms with E-state index in [4.69, 9.17) is 11.6 Å². The SMILES string of the molecule is CC(C)N(N)c1c(N)ccc2cnc(Nc3ccc(C(=O)N4CCN(C)CC4)cc3)nc12. The number of likely N-dealkylation sites (N-methyl/N-ethyl adjacent to an activating group) is 1. The van der Waals surface area contributed by atoms with Gasteiger partial charge in [-0.2, -0.15) is 0 Å².